The molecule has 0 unspecified atom stereocenters. The van der Waals surface area contributed by atoms with Crippen LogP contribution >= 0.6 is 11.3 Å². The summed E-state index contributed by atoms with van der Waals surface area (Å²) in [5.74, 6) is -0.414. The third-order valence-corrected chi connectivity index (χ3v) is 3.87. The minimum Gasteiger partial charge on any atom is -0.465 e. The first-order valence-corrected chi connectivity index (χ1v) is 6.72. The van der Waals surface area contributed by atoms with E-state index in [0.29, 0.717) is 21.1 Å². The quantitative estimate of drug-likeness (QED) is 0.422. The summed E-state index contributed by atoms with van der Waals surface area (Å²) in [5, 5.41) is 10.8. The van der Waals surface area contributed by atoms with Crippen LogP contribution in [0.1, 0.15) is 9.67 Å². The third kappa shape index (κ3) is 2.36. The number of nitro groups is 1. The highest BCUT2D eigenvalue weighted by Crippen LogP contribution is 2.26. The van der Waals surface area contributed by atoms with Gasteiger partial charge in [0, 0.05) is 30.1 Å². The molecule has 0 aliphatic heterocycles. The van der Waals surface area contributed by atoms with Crippen LogP contribution in [0.3, 0.4) is 0 Å². The Morgan fingerprint density at radius 2 is 2.24 bits per heavy atom. The van der Waals surface area contributed by atoms with Gasteiger partial charge in [-0.3, -0.25) is 14.5 Å². The Morgan fingerprint density at radius 3 is 2.90 bits per heavy atom. The fraction of sp³-hybridized carbons (Fsp3) is 0.0769. The molecule has 0 saturated carbocycles. The van der Waals surface area contributed by atoms with Crippen LogP contribution in [0.25, 0.3) is 16.2 Å². The number of hydrogen-bond donors (Lipinski definition) is 0. The molecule has 3 rings (SSSR count). The van der Waals surface area contributed by atoms with Gasteiger partial charge < -0.3 is 4.74 Å². The largest absolute Gasteiger partial charge is 0.465 e. The van der Waals surface area contributed by atoms with Crippen molar-refractivity contribution >= 4 is 28.0 Å². The number of fused-ring (bicyclic) bond motifs is 1. The number of carbonyl (C=O) groups is 1. The lowest BCUT2D eigenvalue weighted by atomic mass is 10.1. The fourth-order valence-corrected chi connectivity index (χ4v) is 2.79. The molecule has 3 aromatic rings. The van der Waals surface area contributed by atoms with Crippen molar-refractivity contribution in [2.45, 2.75) is 0 Å². The summed E-state index contributed by atoms with van der Waals surface area (Å²) in [5.41, 5.74) is 1.28. The van der Waals surface area contributed by atoms with E-state index in [9.17, 15) is 14.9 Å². The predicted octanol–water partition coefficient (Wildman–Crippen LogP) is 2.76. The van der Waals surface area contributed by atoms with E-state index in [1.54, 1.807) is 28.9 Å². The Hall–Kier alpha value is -2.74. The van der Waals surface area contributed by atoms with Crippen molar-refractivity contribution < 1.29 is 14.5 Å². The number of imidazole rings is 1. The molecule has 0 fully saturated rings. The Labute approximate surface area is 122 Å². The van der Waals surface area contributed by atoms with E-state index in [1.807, 2.05) is 0 Å². The standard InChI is InChI=1S/C13H9N3O4S/c1-20-12(17)11-7-15-6-10(14-13(15)21-11)8-3-2-4-9(5-8)16(18)19/h2-7H,1H3. The van der Waals surface area contributed by atoms with Gasteiger partial charge in [0.05, 0.1) is 17.7 Å². The number of rotatable bonds is 3. The van der Waals surface area contributed by atoms with E-state index in [-0.39, 0.29) is 5.69 Å². The molecule has 2 aromatic heterocycles. The molecule has 0 aliphatic carbocycles. The molecule has 0 N–H and O–H groups in total. The highest BCUT2D eigenvalue weighted by atomic mass is 32.1. The van der Waals surface area contributed by atoms with Crippen molar-refractivity contribution in [3.63, 3.8) is 0 Å². The maximum Gasteiger partial charge on any atom is 0.349 e. The molecule has 8 heteroatoms. The Kier molecular flexibility index (Phi) is 3.15. The molecule has 21 heavy (non-hydrogen) atoms. The lowest BCUT2D eigenvalue weighted by Crippen LogP contribution is -1.97. The van der Waals surface area contributed by atoms with E-state index < -0.39 is 10.9 Å². The van der Waals surface area contributed by atoms with Gasteiger partial charge in [0.25, 0.3) is 5.69 Å². The maximum absolute atomic E-state index is 11.4. The monoisotopic (exact) mass is 303 g/mol. The highest BCUT2D eigenvalue weighted by Gasteiger charge is 2.14. The summed E-state index contributed by atoms with van der Waals surface area (Å²) < 4.78 is 6.35. The van der Waals surface area contributed by atoms with Gasteiger partial charge in [0.15, 0.2) is 4.96 Å². The van der Waals surface area contributed by atoms with Crippen molar-refractivity contribution in [1.82, 2.24) is 9.38 Å². The van der Waals surface area contributed by atoms with Crippen LogP contribution < -0.4 is 0 Å². The number of esters is 1. The van der Waals surface area contributed by atoms with Gasteiger partial charge in [0.1, 0.15) is 4.88 Å². The number of nitrogens with zero attached hydrogens (tertiary/aromatic N) is 3. The zero-order valence-electron chi connectivity index (χ0n) is 10.8. The molecule has 0 spiro atoms. The van der Waals surface area contributed by atoms with Crippen LogP contribution in [-0.4, -0.2) is 27.4 Å². The number of carbonyl (C=O) groups excluding carboxylic acids is 1. The number of non-ortho nitro benzene ring substituents is 1. The van der Waals surface area contributed by atoms with Gasteiger partial charge in [0.2, 0.25) is 0 Å². The van der Waals surface area contributed by atoms with Crippen LogP contribution in [-0.2, 0) is 4.74 Å². The van der Waals surface area contributed by atoms with Crippen LogP contribution in [0, 0.1) is 10.1 Å². The zero-order chi connectivity index (χ0) is 15.0. The molecule has 0 amide bonds. The Balaban J connectivity index is 2.02. The van der Waals surface area contributed by atoms with E-state index in [4.69, 9.17) is 0 Å². The number of hydrogen-bond acceptors (Lipinski definition) is 6. The number of thiazole rings is 1. The van der Waals surface area contributed by atoms with Crippen molar-refractivity contribution in [2.24, 2.45) is 0 Å². The topological polar surface area (TPSA) is 86.7 Å². The van der Waals surface area contributed by atoms with Gasteiger partial charge >= 0.3 is 5.97 Å². The molecule has 7 nitrogen and oxygen atoms in total. The summed E-state index contributed by atoms with van der Waals surface area (Å²) >= 11 is 1.20. The smallest absolute Gasteiger partial charge is 0.349 e. The second-order valence-electron chi connectivity index (χ2n) is 4.21. The number of methoxy groups -OCH3 is 1. The van der Waals surface area contributed by atoms with Gasteiger partial charge in [-0.2, -0.15) is 0 Å². The fourth-order valence-electron chi connectivity index (χ4n) is 1.91. The van der Waals surface area contributed by atoms with Crippen LogP contribution in [0.5, 0.6) is 0 Å². The van der Waals surface area contributed by atoms with Crippen molar-refractivity contribution in [2.75, 3.05) is 7.11 Å². The first-order valence-electron chi connectivity index (χ1n) is 5.90. The number of benzene rings is 1. The van der Waals surface area contributed by atoms with Gasteiger partial charge in [-0.05, 0) is 0 Å². The SMILES string of the molecule is COC(=O)c1cn2cc(-c3cccc([N+](=O)[O-])c3)nc2s1. The van der Waals surface area contributed by atoms with Crippen LogP contribution in [0.15, 0.2) is 36.7 Å². The summed E-state index contributed by atoms with van der Waals surface area (Å²) in [7, 11) is 1.32. The van der Waals surface area contributed by atoms with Crippen LogP contribution in [0.2, 0.25) is 0 Å². The van der Waals surface area contributed by atoms with Gasteiger partial charge in [-0.1, -0.05) is 23.5 Å². The first kappa shape index (κ1) is 13.3. The second-order valence-corrected chi connectivity index (χ2v) is 5.22. The van der Waals surface area contributed by atoms with Gasteiger partial charge in [-0.15, -0.1) is 0 Å². The predicted molar refractivity (Wildman–Crippen MR) is 76.5 cm³/mol. The lowest BCUT2D eigenvalue weighted by Gasteiger charge is -1.96. The summed E-state index contributed by atoms with van der Waals surface area (Å²) in [6.45, 7) is 0. The Morgan fingerprint density at radius 1 is 1.43 bits per heavy atom. The summed E-state index contributed by atoms with van der Waals surface area (Å²) in [4.78, 5) is 27.2. The van der Waals surface area contributed by atoms with Crippen molar-refractivity contribution in [3.8, 4) is 11.3 Å². The van der Waals surface area contributed by atoms with Crippen molar-refractivity contribution in [1.29, 1.82) is 0 Å². The summed E-state index contributed by atoms with van der Waals surface area (Å²) in [6, 6.07) is 6.26. The first-order chi connectivity index (χ1) is 10.1. The van der Waals surface area contributed by atoms with E-state index >= 15 is 0 Å². The molecule has 2 heterocycles. The normalized spacial score (nSPS) is 10.7. The number of ether oxygens (including phenoxy) is 1. The van der Waals surface area contributed by atoms with Crippen molar-refractivity contribution in [3.05, 3.63) is 51.7 Å². The average Bonchev–Trinajstić information content (AvgIpc) is 3.05. The van der Waals surface area contributed by atoms with Gasteiger partial charge in [-0.25, -0.2) is 9.78 Å². The third-order valence-electron chi connectivity index (χ3n) is 2.90. The second kappa shape index (κ2) is 4.98. The molecule has 0 radical (unpaired) electrons. The molecule has 1 aromatic carbocycles. The molecule has 0 saturated heterocycles. The molecule has 0 atom stereocenters. The number of aromatic nitrogens is 2. The average molecular weight is 303 g/mol. The van der Waals surface area contributed by atoms with E-state index in [0.717, 1.165) is 0 Å². The van der Waals surface area contributed by atoms with Crippen LogP contribution in [0.4, 0.5) is 5.69 Å². The molecule has 106 valence electrons. The summed E-state index contributed by atoms with van der Waals surface area (Å²) in [6.07, 6.45) is 3.34. The minimum absolute atomic E-state index is 0.0131. The maximum atomic E-state index is 11.4. The molecular weight excluding hydrogens is 294 g/mol. The minimum atomic E-state index is -0.447. The molecule has 0 aliphatic rings. The van der Waals surface area contributed by atoms with E-state index in [1.165, 1.54) is 30.6 Å². The lowest BCUT2D eigenvalue weighted by molar-refractivity contribution is -0.384. The molecular formula is C13H9N3O4S. The Bertz CT molecular complexity index is 821. The molecule has 0 bridgehead atoms. The number of nitro benzene ring substituents is 1. The highest BCUT2D eigenvalue weighted by molar-refractivity contribution is 7.18. The zero-order valence-corrected chi connectivity index (χ0v) is 11.7. The van der Waals surface area contributed by atoms with E-state index in [2.05, 4.69) is 9.72 Å².